The second-order valence-electron chi connectivity index (χ2n) is 4.09. The van der Waals surface area contributed by atoms with Crippen LogP contribution < -0.4 is 4.89 Å². The topological polar surface area (TPSA) is 128 Å². The van der Waals surface area contributed by atoms with E-state index in [9.17, 15) is 21.9 Å². The van der Waals surface area contributed by atoms with E-state index in [1.54, 1.807) is 4.89 Å². The highest BCUT2D eigenvalue weighted by Gasteiger charge is 2.24. The molecule has 0 aromatic heterocycles. The van der Waals surface area contributed by atoms with Crippen molar-refractivity contribution >= 4 is 19.9 Å². The maximum absolute atomic E-state index is 12.0. The number of hydrogen-bond acceptors (Lipinski definition) is 8. The molecule has 0 bridgehead atoms. The zero-order valence-electron chi connectivity index (χ0n) is 11.9. The monoisotopic (exact) mass is 355 g/mol. The highest BCUT2D eigenvalue weighted by Crippen LogP contribution is 2.20. The van der Waals surface area contributed by atoms with Crippen LogP contribution in [0.1, 0.15) is 0 Å². The largest absolute Gasteiger partial charge is 0.382 e. The van der Waals surface area contributed by atoms with Crippen LogP contribution in [0.25, 0.3) is 0 Å². The molecule has 0 fully saturated rings. The highest BCUT2D eigenvalue weighted by atomic mass is 32.2. The molecule has 1 rings (SSSR count). The fraction of sp³-hybridized carbons (Fsp3) is 0.455. The Labute approximate surface area is 128 Å². The third kappa shape index (κ3) is 5.61. The van der Waals surface area contributed by atoms with Crippen molar-refractivity contribution in [2.75, 3.05) is 26.6 Å². The number of nitrogens with one attached hydrogen (secondary N) is 1. The van der Waals surface area contributed by atoms with Gasteiger partial charge in [0.15, 0.2) is 9.84 Å². The molecule has 1 atom stereocenters. The van der Waals surface area contributed by atoms with E-state index in [-0.39, 0.29) is 18.1 Å². The van der Waals surface area contributed by atoms with Gasteiger partial charge in [-0.25, -0.2) is 21.7 Å². The Morgan fingerprint density at radius 1 is 1.14 bits per heavy atom. The van der Waals surface area contributed by atoms with Crippen molar-refractivity contribution in [1.82, 2.24) is 4.89 Å². The summed E-state index contributed by atoms with van der Waals surface area (Å²) in [6.07, 6.45) is 0.880. The number of sulfone groups is 1. The fourth-order valence-electron chi connectivity index (χ4n) is 1.39. The summed E-state index contributed by atoms with van der Waals surface area (Å²) in [4.78, 5) is 5.14. The van der Waals surface area contributed by atoms with E-state index >= 15 is 0 Å². The van der Waals surface area contributed by atoms with Gasteiger partial charge >= 0.3 is 0 Å². The lowest BCUT2D eigenvalue weighted by atomic mass is 10.4. The van der Waals surface area contributed by atoms with Crippen molar-refractivity contribution in [3.63, 3.8) is 0 Å². The van der Waals surface area contributed by atoms with Crippen molar-refractivity contribution in [2.24, 2.45) is 0 Å². The van der Waals surface area contributed by atoms with Crippen LogP contribution in [0.2, 0.25) is 0 Å². The van der Waals surface area contributed by atoms with Gasteiger partial charge in [-0.3, -0.25) is 0 Å². The van der Waals surface area contributed by atoms with Gasteiger partial charge in [-0.2, -0.15) is 0 Å². The number of ether oxygens (including phenoxy) is 2. The molecule has 0 saturated carbocycles. The van der Waals surface area contributed by atoms with Gasteiger partial charge < -0.3 is 14.6 Å². The van der Waals surface area contributed by atoms with E-state index < -0.39 is 31.2 Å². The van der Waals surface area contributed by atoms with Crippen LogP contribution in [0.4, 0.5) is 0 Å². The van der Waals surface area contributed by atoms with E-state index in [0.29, 0.717) is 0 Å². The Balaban J connectivity index is 2.84. The third-order valence-corrected chi connectivity index (χ3v) is 4.88. The summed E-state index contributed by atoms with van der Waals surface area (Å²) in [5.41, 5.74) is 0. The van der Waals surface area contributed by atoms with Gasteiger partial charge in [0.1, 0.15) is 4.90 Å². The molecule has 1 unspecified atom stereocenters. The molecule has 0 aliphatic carbocycles. The summed E-state index contributed by atoms with van der Waals surface area (Å²) in [6, 6.07) is 4.99. The number of methoxy groups -OCH3 is 1. The quantitative estimate of drug-likeness (QED) is 0.336. The molecule has 11 heteroatoms. The smallest absolute Gasteiger partial charge is 0.287 e. The van der Waals surface area contributed by atoms with Crippen molar-refractivity contribution in [3.05, 3.63) is 24.3 Å². The van der Waals surface area contributed by atoms with E-state index in [2.05, 4.69) is 14.3 Å². The van der Waals surface area contributed by atoms with Crippen LogP contribution in [0.5, 0.6) is 0 Å². The number of sulfonamides is 1. The first-order valence-electron chi connectivity index (χ1n) is 5.93. The molecule has 0 heterocycles. The zero-order chi connectivity index (χ0) is 16.8. The van der Waals surface area contributed by atoms with Gasteiger partial charge in [-0.05, 0) is 12.1 Å². The van der Waals surface area contributed by atoms with Crippen molar-refractivity contribution < 1.29 is 36.3 Å². The zero-order valence-corrected chi connectivity index (χ0v) is 13.6. The minimum atomic E-state index is -4.32. The Morgan fingerprint density at radius 3 is 2.27 bits per heavy atom. The molecule has 1 aromatic carbocycles. The number of rotatable bonds is 9. The van der Waals surface area contributed by atoms with Crippen LogP contribution in [0, 0.1) is 0 Å². The fourth-order valence-corrected chi connectivity index (χ4v) is 3.83. The van der Waals surface area contributed by atoms with Crippen LogP contribution in [0.3, 0.4) is 0 Å². The van der Waals surface area contributed by atoms with Gasteiger partial charge in [-0.15, -0.1) is 0 Å². The summed E-state index contributed by atoms with van der Waals surface area (Å²) < 4.78 is 56.6. The molecular weight excluding hydrogens is 338 g/mol. The molecule has 9 nitrogen and oxygen atoms in total. The van der Waals surface area contributed by atoms with Crippen LogP contribution in [0.15, 0.2) is 34.1 Å². The molecule has 0 amide bonds. The molecule has 126 valence electrons. The van der Waals surface area contributed by atoms with Gasteiger partial charge in [0.25, 0.3) is 16.5 Å². The molecule has 0 aliphatic heterocycles. The van der Waals surface area contributed by atoms with E-state index in [4.69, 9.17) is 0 Å². The summed E-state index contributed by atoms with van der Waals surface area (Å²) in [6.45, 7) is -1.72. The molecule has 0 saturated heterocycles. The average molecular weight is 355 g/mol. The number of aliphatic hydroxyl groups is 1. The van der Waals surface area contributed by atoms with Gasteiger partial charge in [0.2, 0.25) is 0 Å². The summed E-state index contributed by atoms with van der Waals surface area (Å²) in [5.74, 6) is 0. The standard InChI is InChI=1S/C11H17NO8S2/c1-18-7-8-19-11(13)20-12-22(16,17)10-6-4-3-5-9(10)21(2,14)15/h3-6,11-13H,7-8H2,1-2H3. The Hall–Kier alpha value is -1.08. The number of benzene rings is 1. The molecule has 1 aromatic rings. The third-order valence-electron chi connectivity index (χ3n) is 2.34. The van der Waals surface area contributed by atoms with Gasteiger partial charge in [0.05, 0.1) is 18.1 Å². The maximum atomic E-state index is 12.0. The van der Waals surface area contributed by atoms with Crippen LogP contribution in [-0.2, 0) is 34.2 Å². The Kier molecular flexibility index (Phi) is 6.87. The van der Waals surface area contributed by atoms with Crippen molar-refractivity contribution in [1.29, 1.82) is 0 Å². The molecule has 0 aliphatic rings. The van der Waals surface area contributed by atoms with Crippen LogP contribution in [-0.4, -0.2) is 55.0 Å². The van der Waals surface area contributed by atoms with Crippen LogP contribution >= 0.6 is 0 Å². The Bertz CT molecular complexity index is 686. The second-order valence-corrected chi connectivity index (χ2v) is 7.69. The van der Waals surface area contributed by atoms with Gasteiger partial charge in [-0.1, -0.05) is 17.0 Å². The van der Waals surface area contributed by atoms with E-state index in [0.717, 1.165) is 18.4 Å². The molecule has 0 radical (unpaired) electrons. The first kappa shape index (κ1) is 19.0. The lowest BCUT2D eigenvalue weighted by Crippen LogP contribution is -2.32. The minimum Gasteiger partial charge on any atom is -0.382 e. The lowest BCUT2D eigenvalue weighted by molar-refractivity contribution is -0.279. The first-order valence-corrected chi connectivity index (χ1v) is 9.31. The van der Waals surface area contributed by atoms with E-state index in [1.807, 2.05) is 0 Å². The van der Waals surface area contributed by atoms with Crippen molar-refractivity contribution in [2.45, 2.75) is 16.3 Å². The second kappa shape index (κ2) is 7.97. The molecule has 2 N–H and O–H groups in total. The molecular formula is C11H17NO8S2. The van der Waals surface area contributed by atoms with E-state index in [1.165, 1.54) is 19.2 Å². The maximum Gasteiger partial charge on any atom is 0.287 e. The van der Waals surface area contributed by atoms with Gasteiger partial charge in [0, 0.05) is 13.4 Å². The molecule has 22 heavy (non-hydrogen) atoms. The molecule has 0 spiro atoms. The van der Waals surface area contributed by atoms with Crippen molar-refractivity contribution in [3.8, 4) is 0 Å². The summed E-state index contributed by atoms with van der Waals surface area (Å²) >= 11 is 0. The SMILES string of the molecule is COCCOC(O)ONS(=O)(=O)c1ccccc1S(C)(=O)=O. The predicted octanol–water partition coefficient (Wildman–Crippen LogP) is -0.761. The lowest BCUT2D eigenvalue weighted by Gasteiger charge is -2.14. The summed E-state index contributed by atoms with van der Waals surface area (Å²) in [7, 11) is -6.66. The Morgan fingerprint density at radius 2 is 1.73 bits per heavy atom. The number of hydrogen-bond donors (Lipinski definition) is 2. The normalized spacial score (nSPS) is 14.0. The number of aliphatic hydroxyl groups excluding tert-OH is 1. The highest BCUT2D eigenvalue weighted by molar-refractivity contribution is 7.93. The summed E-state index contributed by atoms with van der Waals surface area (Å²) in [5, 5.41) is 9.27. The average Bonchev–Trinajstić information content (AvgIpc) is 2.45. The minimum absolute atomic E-state index is 0.0285. The first-order chi connectivity index (χ1) is 10.2. The predicted molar refractivity (Wildman–Crippen MR) is 74.8 cm³/mol.